The monoisotopic (exact) mass is 394 g/mol. The Morgan fingerprint density at radius 1 is 0.690 bits per heavy atom. The van der Waals surface area contributed by atoms with E-state index < -0.39 is 0 Å². The van der Waals surface area contributed by atoms with Crippen molar-refractivity contribution in [2.45, 2.75) is 46.8 Å². The van der Waals surface area contributed by atoms with Crippen LogP contribution in [-0.4, -0.2) is 22.3 Å². The maximum atomic E-state index is 5.63. The van der Waals surface area contributed by atoms with Crippen molar-refractivity contribution in [2.75, 3.05) is 13.2 Å². The van der Waals surface area contributed by atoms with Gasteiger partial charge >= 0.3 is 0 Å². The van der Waals surface area contributed by atoms with Crippen molar-refractivity contribution in [3.8, 4) is 0 Å². The van der Waals surface area contributed by atoms with Gasteiger partial charge in [-0.2, -0.15) is 0 Å². The van der Waals surface area contributed by atoms with Gasteiger partial charge in [0.05, 0.1) is 13.1 Å². The quantitative estimate of drug-likeness (QED) is 0.387. The zero-order chi connectivity index (χ0) is 20.1. The molecule has 152 valence electrons. The number of aromatic nitrogens is 4. The first-order valence-corrected chi connectivity index (χ1v) is 10.4. The first kappa shape index (κ1) is 19.6. The molecule has 0 fully saturated rings. The van der Waals surface area contributed by atoms with Gasteiger partial charge in [0.15, 0.2) is 35.5 Å². The Morgan fingerprint density at radius 3 is 1.59 bits per heavy atom. The molecule has 0 radical (unpaired) electrons. The smallest absolute Gasteiger partial charge is 0.246 e. The molecule has 0 aliphatic rings. The molecular weight excluding hydrogens is 364 g/mol. The minimum absolute atomic E-state index is 0.587. The summed E-state index contributed by atoms with van der Waals surface area (Å²) in [7, 11) is 0. The zero-order valence-corrected chi connectivity index (χ0v) is 17.3. The third kappa shape index (κ3) is 4.18. The average Bonchev–Trinajstić information content (AvgIpc) is 3.29. The van der Waals surface area contributed by atoms with Crippen LogP contribution < -0.4 is 9.13 Å². The largest absolute Gasteiger partial charge is 0.342 e. The summed E-state index contributed by atoms with van der Waals surface area (Å²) in [5, 5.41) is 0. The Bertz CT molecular complexity index is 997. The van der Waals surface area contributed by atoms with Gasteiger partial charge in [-0.25, -0.2) is 18.3 Å². The SMILES string of the molecule is CCOC[n+]1cn(CCCn2c[n+](COCC)c3ccccc32)c2ccccc21. The standard InChI is InChI=1S/C23H30N4O2/c1-3-28-18-26-16-24(20-10-5-7-12-22(20)26)14-9-15-25-17-27(19-29-4-2)23-13-8-6-11-21(23)25/h5-8,10-13,16-17H,3-4,9,14-15,18-19H2,1-2H3/q+2. The second kappa shape index (κ2) is 9.20. The number of imidazole rings is 2. The van der Waals surface area contributed by atoms with Crippen molar-refractivity contribution in [3.05, 3.63) is 61.2 Å². The van der Waals surface area contributed by atoms with Crippen LogP contribution in [0.5, 0.6) is 0 Å². The summed E-state index contributed by atoms with van der Waals surface area (Å²) >= 11 is 0. The van der Waals surface area contributed by atoms with E-state index in [2.05, 4.69) is 79.5 Å². The van der Waals surface area contributed by atoms with E-state index in [0.717, 1.165) is 32.7 Å². The third-order valence-corrected chi connectivity index (χ3v) is 5.23. The first-order valence-electron chi connectivity index (χ1n) is 10.4. The highest BCUT2D eigenvalue weighted by atomic mass is 16.5. The van der Waals surface area contributed by atoms with Crippen molar-refractivity contribution in [1.82, 2.24) is 9.13 Å². The maximum Gasteiger partial charge on any atom is 0.246 e. The van der Waals surface area contributed by atoms with Crippen LogP contribution in [0.1, 0.15) is 20.3 Å². The van der Waals surface area contributed by atoms with Gasteiger partial charge < -0.3 is 9.47 Å². The summed E-state index contributed by atoms with van der Waals surface area (Å²) in [4.78, 5) is 0. The molecule has 4 rings (SSSR count). The van der Waals surface area contributed by atoms with Gasteiger partial charge in [-0.15, -0.1) is 0 Å². The van der Waals surface area contributed by atoms with Crippen LogP contribution in [0, 0.1) is 0 Å². The fourth-order valence-corrected chi connectivity index (χ4v) is 3.84. The fourth-order valence-electron chi connectivity index (χ4n) is 3.84. The molecular formula is C23H30N4O2+2. The van der Waals surface area contributed by atoms with Crippen LogP contribution in [0.4, 0.5) is 0 Å². The van der Waals surface area contributed by atoms with E-state index in [1.54, 1.807) is 0 Å². The molecule has 0 aliphatic heterocycles. The molecule has 0 saturated carbocycles. The van der Waals surface area contributed by atoms with Crippen LogP contribution in [0.3, 0.4) is 0 Å². The number of hydrogen-bond acceptors (Lipinski definition) is 2. The van der Waals surface area contributed by atoms with Crippen molar-refractivity contribution >= 4 is 22.1 Å². The zero-order valence-electron chi connectivity index (χ0n) is 17.3. The summed E-state index contributed by atoms with van der Waals surface area (Å²) in [5.74, 6) is 0. The molecule has 6 heteroatoms. The lowest BCUT2D eigenvalue weighted by molar-refractivity contribution is -0.709. The van der Waals surface area contributed by atoms with Gasteiger partial charge in [-0.05, 0) is 38.1 Å². The van der Waals surface area contributed by atoms with Gasteiger partial charge in [0.1, 0.15) is 0 Å². The summed E-state index contributed by atoms with van der Waals surface area (Å²) in [5.41, 5.74) is 4.91. The van der Waals surface area contributed by atoms with Gasteiger partial charge in [0, 0.05) is 19.6 Å². The third-order valence-electron chi connectivity index (χ3n) is 5.23. The molecule has 2 aromatic heterocycles. The summed E-state index contributed by atoms with van der Waals surface area (Å²) < 4.78 is 20.3. The van der Waals surface area contributed by atoms with E-state index in [-0.39, 0.29) is 0 Å². The summed E-state index contributed by atoms with van der Waals surface area (Å²) in [6, 6.07) is 17.0. The van der Waals surface area contributed by atoms with E-state index in [4.69, 9.17) is 9.47 Å². The molecule has 4 aromatic rings. The Kier molecular flexibility index (Phi) is 6.22. The van der Waals surface area contributed by atoms with Gasteiger partial charge in [0.2, 0.25) is 12.7 Å². The first-order chi connectivity index (χ1) is 14.3. The molecule has 0 atom stereocenters. The molecule has 0 saturated heterocycles. The lowest BCUT2D eigenvalue weighted by Gasteiger charge is -1.98. The van der Waals surface area contributed by atoms with E-state index in [1.807, 2.05) is 13.8 Å². The number of nitrogens with zero attached hydrogens (tertiary/aromatic N) is 4. The Labute approximate surface area is 171 Å². The highest BCUT2D eigenvalue weighted by Crippen LogP contribution is 2.14. The molecule has 29 heavy (non-hydrogen) atoms. The predicted octanol–water partition coefficient (Wildman–Crippen LogP) is 3.25. The summed E-state index contributed by atoms with van der Waals surface area (Å²) in [6.45, 7) is 8.57. The second-order valence-electron chi connectivity index (χ2n) is 7.13. The minimum atomic E-state index is 0.587. The van der Waals surface area contributed by atoms with E-state index in [0.29, 0.717) is 13.5 Å². The predicted molar refractivity (Wildman–Crippen MR) is 112 cm³/mol. The van der Waals surface area contributed by atoms with Crippen LogP contribution >= 0.6 is 0 Å². The maximum absolute atomic E-state index is 5.63. The number of para-hydroxylation sites is 4. The van der Waals surface area contributed by atoms with Crippen LogP contribution in [0.15, 0.2) is 61.2 Å². The van der Waals surface area contributed by atoms with Gasteiger partial charge in [-0.1, -0.05) is 24.3 Å². The van der Waals surface area contributed by atoms with E-state index in [9.17, 15) is 0 Å². The van der Waals surface area contributed by atoms with Crippen LogP contribution in [-0.2, 0) is 36.0 Å². The number of rotatable bonds is 10. The molecule has 0 aliphatic carbocycles. The number of benzene rings is 2. The number of aryl methyl sites for hydroxylation is 2. The topological polar surface area (TPSA) is 36.1 Å². The molecule has 6 nitrogen and oxygen atoms in total. The average molecular weight is 395 g/mol. The van der Waals surface area contributed by atoms with Gasteiger partial charge in [0.25, 0.3) is 0 Å². The van der Waals surface area contributed by atoms with E-state index in [1.165, 1.54) is 22.1 Å². The lowest BCUT2D eigenvalue weighted by Crippen LogP contribution is -2.33. The van der Waals surface area contributed by atoms with Gasteiger partial charge in [-0.3, -0.25) is 0 Å². The van der Waals surface area contributed by atoms with E-state index >= 15 is 0 Å². The highest BCUT2D eigenvalue weighted by Gasteiger charge is 2.17. The summed E-state index contributed by atoms with van der Waals surface area (Å²) in [6.07, 6.45) is 5.38. The van der Waals surface area contributed by atoms with Crippen molar-refractivity contribution in [2.24, 2.45) is 0 Å². The van der Waals surface area contributed by atoms with Crippen LogP contribution in [0.2, 0.25) is 0 Å². The highest BCUT2D eigenvalue weighted by molar-refractivity contribution is 5.72. The number of hydrogen-bond donors (Lipinski definition) is 0. The normalized spacial score (nSPS) is 11.7. The molecule has 0 unspecified atom stereocenters. The fraction of sp³-hybridized carbons (Fsp3) is 0.391. The number of fused-ring (bicyclic) bond motifs is 2. The van der Waals surface area contributed by atoms with Crippen molar-refractivity contribution in [3.63, 3.8) is 0 Å². The van der Waals surface area contributed by atoms with Crippen molar-refractivity contribution < 1.29 is 18.6 Å². The molecule has 0 N–H and O–H groups in total. The Morgan fingerprint density at radius 2 is 1.14 bits per heavy atom. The Hall–Kier alpha value is -2.70. The molecule has 2 heterocycles. The second-order valence-corrected chi connectivity index (χ2v) is 7.13. The molecule has 0 bridgehead atoms. The lowest BCUT2D eigenvalue weighted by atomic mass is 10.3. The minimum Gasteiger partial charge on any atom is -0.342 e. The Balaban J connectivity index is 1.51. The number of ether oxygens (including phenoxy) is 2. The van der Waals surface area contributed by atoms with Crippen LogP contribution in [0.25, 0.3) is 22.1 Å². The molecule has 0 amide bonds. The molecule has 0 spiro atoms. The molecule has 2 aromatic carbocycles. The van der Waals surface area contributed by atoms with Crippen molar-refractivity contribution in [1.29, 1.82) is 0 Å².